The summed E-state index contributed by atoms with van der Waals surface area (Å²) in [5.41, 5.74) is 0. The summed E-state index contributed by atoms with van der Waals surface area (Å²) < 4.78 is 1.81. The van der Waals surface area contributed by atoms with Crippen LogP contribution in [0.15, 0.2) is 0 Å². The van der Waals surface area contributed by atoms with Crippen LogP contribution in [-0.4, -0.2) is 40.2 Å². The number of anilines is 1. The van der Waals surface area contributed by atoms with Crippen LogP contribution in [-0.2, 0) is 7.05 Å². The van der Waals surface area contributed by atoms with Crippen LogP contribution in [0.4, 0.5) is 11.6 Å². The lowest BCUT2D eigenvalue weighted by molar-refractivity contribution is -0.388. The first-order valence-corrected chi connectivity index (χ1v) is 6.21. The normalized spacial score (nSPS) is 15.5. The highest BCUT2D eigenvalue weighted by molar-refractivity contribution is 5.57. The maximum Gasteiger partial charge on any atom is 0.406 e. The monoisotopic (exact) mass is 253 g/mol. The molecule has 1 aromatic rings. The standard InChI is InChI=1S/C11H19N5O2/c1-4-5-15(9-6-12-7-9)11-10(16(17)18)13-8(2)14(11)3/h9,12H,4-7H2,1-3H3. The number of imidazole rings is 1. The summed E-state index contributed by atoms with van der Waals surface area (Å²) in [6.45, 7) is 6.43. The minimum Gasteiger partial charge on any atom is -0.358 e. The van der Waals surface area contributed by atoms with Crippen molar-refractivity contribution in [3.63, 3.8) is 0 Å². The molecule has 0 spiro atoms. The van der Waals surface area contributed by atoms with Crippen LogP contribution >= 0.6 is 0 Å². The fourth-order valence-electron chi connectivity index (χ4n) is 2.22. The maximum absolute atomic E-state index is 11.1. The lowest BCUT2D eigenvalue weighted by Crippen LogP contribution is -2.58. The van der Waals surface area contributed by atoms with Gasteiger partial charge in [-0.15, -0.1) is 0 Å². The molecule has 7 nitrogen and oxygen atoms in total. The molecule has 0 atom stereocenters. The molecule has 0 aliphatic carbocycles. The molecule has 2 rings (SSSR count). The van der Waals surface area contributed by atoms with Gasteiger partial charge in [0, 0.05) is 33.6 Å². The third kappa shape index (κ3) is 2.05. The average Bonchev–Trinajstić information content (AvgIpc) is 2.53. The quantitative estimate of drug-likeness (QED) is 0.621. The van der Waals surface area contributed by atoms with Gasteiger partial charge in [0.15, 0.2) is 0 Å². The highest BCUT2D eigenvalue weighted by Gasteiger charge is 2.34. The molecule has 100 valence electrons. The van der Waals surface area contributed by atoms with E-state index in [9.17, 15) is 10.1 Å². The second-order valence-corrected chi connectivity index (χ2v) is 4.63. The van der Waals surface area contributed by atoms with Gasteiger partial charge in [-0.05, 0) is 16.3 Å². The van der Waals surface area contributed by atoms with E-state index in [1.807, 2.05) is 11.6 Å². The van der Waals surface area contributed by atoms with Crippen LogP contribution in [0.2, 0.25) is 0 Å². The third-order valence-corrected chi connectivity index (χ3v) is 3.38. The first-order chi connectivity index (χ1) is 8.56. The first kappa shape index (κ1) is 12.8. The van der Waals surface area contributed by atoms with Gasteiger partial charge in [-0.1, -0.05) is 6.92 Å². The number of hydrogen-bond acceptors (Lipinski definition) is 5. The molecule has 0 amide bonds. The minimum absolute atomic E-state index is 0.0321. The lowest BCUT2D eigenvalue weighted by Gasteiger charge is -2.38. The molecule has 1 aliphatic heterocycles. The van der Waals surface area contributed by atoms with Gasteiger partial charge in [0.2, 0.25) is 11.6 Å². The Bertz CT molecular complexity index is 453. The number of rotatable bonds is 5. The molecule has 18 heavy (non-hydrogen) atoms. The average molecular weight is 253 g/mol. The van der Waals surface area contributed by atoms with Crippen LogP contribution in [0.1, 0.15) is 19.2 Å². The number of nitrogens with one attached hydrogen (secondary N) is 1. The van der Waals surface area contributed by atoms with Crippen LogP contribution in [0, 0.1) is 17.0 Å². The molecule has 0 bridgehead atoms. The molecule has 0 aromatic carbocycles. The van der Waals surface area contributed by atoms with E-state index in [0.717, 1.165) is 26.1 Å². The van der Waals surface area contributed by atoms with E-state index in [1.54, 1.807) is 6.92 Å². The Balaban J connectivity index is 2.41. The predicted molar refractivity (Wildman–Crippen MR) is 68.9 cm³/mol. The number of nitrogens with zero attached hydrogens (tertiary/aromatic N) is 4. The van der Waals surface area contributed by atoms with Crippen LogP contribution in [0.3, 0.4) is 0 Å². The minimum atomic E-state index is -0.392. The third-order valence-electron chi connectivity index (χ3n) is 3.38. The van der Waals surface area contributed by atoms with Crippen molar-refractivity contribution in [2.24, 2.45) is 7.05 Å². The zero-order chi connectivity index (χ0) is 13.3. The van der Waals surface area contributed by atoms with Gasteiger partial charge in [-0.2, -0.15) is 0 Å². The summed E-state index contributed by atoms with van der Waals surface area (Å²) in [6.07, 6.45) is 0.956. The second kappa shape index (κ2) is 4.93. The largest absolute Gasteiger partial charge is 0.406 e. The molecule has 0 unspecified atom stereocenters. The van der Waals surface area contributed by atoms with Crippen molar-refractivity contribution in [3.8, 4) is 0 Å². The second-order valence-electron chi connectivity index (χ2n) is 4.63. The number of nitro groups is 1. The van der Waals surface area contributed by atoms with E-state index in [0.29, 0.717) is 17.7 Å². The highest BCUT2D eigenvalue weighted by Crippen LogP contribution is 2.30. The van der Waals surface area contributed by atoms with Crippen molar-refractivity contribution in [1.82, 2.24) is 14.9 Å². The van der Waals surface area contributed by atoms with Crippen molar-refractivity contribution in [3.05, 3.63) is 15.9 Å². The number of hydrogen-bond donors (Lipinski definition) is 1. The molecular weight excluding hydrogens is 234 g/mol. The van der Waals surface area contributed by atoms with Crippen LogP contribution in [0.5, 0.6) is 0 Å². The van der Waals surface area contributed by atoms with Crippen molar-refractivity contribution in [2.45, 2.75) is 26.3 Å². The van der Waals surface area contributed by atoms with E-state index < -0.39 is 4.92 Å². The number of aromatic nitrogens is 2. The SMILES string of the molecule is CCCN(c1c([N+](=O)[O-])nc(C)n1C)C1CNC1. The zero-order valence-corrected chi connectivity index (χ0v) is 11.0. The molecule has 2 heterocycles. The molecule has 7 heteroatoms. The Morgan fingerprint density at radius 1 is 1.61 bits per heavy atom. The molecule has 0 radical (unpaired) electrons. The van der Waals surface area contributed by atoms with E-state index in [1.165, 1.54) is 0 Å². The van der Waals surface area contributed by atoms with Crippen LogP contribution in [0.25, 0.3) is 0 Å². The molecule has 1 N–H and O–H groups in total. The zero-order valence-electron chi connectivity index (χ0n) is 11.0. The Morgan fingerprint density at radius 3 is 2.72 bits per heavy atom. The summed E-state index contributed by atoms with van der Waals surface area (Å²) in [6, 6.07) is 0.332. The lowest BCUT2D eigenvalue weighted by atomic mass is 10.1. The Labute approximate surface area is 106 Å². The summed E-state index contributed by atoms with van der Waals surface area (Å²) >= 11 is 0. The molecule has 1 aromatic heterocycles. The topological polar surface area (TPSA) is 76.2 Å². The summed E-state index contributed by atoms with van der Waals surface area (Å²) in [5, 5.41) is 14.3. The summed E-state index contributed by atoms with van der Waals surface area (Å²) in [4.78, 5) is 16.9. The van der Waals surface area contributed by atoms with Crippen LogP contribution < -0.4 is 10.2 Å². The van der Waals surface area contributed by atoms with Crippen molar-refractivity contribution in [2.75, 3.05) is 24.5 Å². The first-order valence-electron chi connectivity index (χ1n) is 6.21. The fraction of sp³-hybridized carbons (Fsp3) is 0.727. The molecule has 0 saturated carbocycles. The Kier molecular flexibility index (Phi) is 3.51. The van der Waals surface area contributed by atoms with Gasteiger partial charge in [0.25, 0.3) is 0 Å². The summed E-state index contributed by atoms with van der Waals surface area (Å²) in [7, 11) is 1.83. The van der Waals surface area contributed by atoms with Gasteiger partial charge in [-0.25, -0.2) is 0 Å². The predicted octanol–water partition coefficient (Wildman–Crippen LogP) is 0.825. The molecule has 1 fully saturated rings. The van der Waals surface area contributed by atoms with Gasteiger partial charge in [-0.3, -0.25) is 4.57 Å². The van der Waals surface area contributed by atoms with E-state index in [-0.39, 0.29) is 5.82 Å². The van der Waals surface area contributed by atoms with Crippen molar-refractivity contribution in [1.29, 1.82) is 0 Å². The molecule has 1 aliphatic rings. The van der Waals surface area contributed by atoms with E-state index in [2.05, 4.69) is 22.1 Å². The Hall–Kier alpha value is -1.63. The van der Waals surface area contributed by atoms with E-state index >= 15 is 0 Å². The van der Waals surface area contributed by atoms with E-state index in [4.69, 9.17) is 0 Å². The summed E-state index contributed by atoms with van der Waals surface area (Å²) in [5.74, 6) is 1.27. The van der Waals surface area contributed by atoms with Gasteiger partial charge in [0.05, 0.1) is 6.04 Å². The van der Waals surface area contributed by atoms with Gasteiger partial charge >= 0.3 is 5.82 Å². The smallest absolute Gasteiger partial charge is 0.358 e. The fourth-order valence-corrected chi connectivity index (χ4v) is 2.22. The number of aryl methyl sites for hydroxylation is 1. The maximum atomic E-state index is 11.1. The van der Waals surface area contributed by atoms with Gasteiger partial charge < -0.3 is 20.3 Å². The molecular formula is C11H19N5O2. The van der Waals surface area contributed by atoms with Crippen molar-refractivity contribution >= 4 is 11.6 Å². The van der Waals surface area contributed by atoms with Crippen molar-refractivity contribution < 1.29 is 4.92 Å². The van der Waals surface area contributed by atoms with Gasteiger partial charge in [0.1, 0.15) is 0 Å². The highest BCUT2D eigenvalue weighted by atomic mass is 16.6. The Morgan fingerprint density at radius 2 is 2.28 bits per heavy atom. The molecule has 1 saturated heterocycles.